The highest BCUT2D eigenvalue weighted by molar-refractivity contribution is 7.91. The summed E-state index contributed by atoms with van der Waals surface area (Å²) in [4.78, 5) is 12.4. The standard InChI is InChI=1S/C21H17F3N2O5S2/c1-18(11-6-4-3-5-7-11)16-19(18,2)20(16,17(27)28)26-33(29,30)15-9-8-13(32-15)12-10-14(31-25-12)21(22,23)24/h3-10,16,26H,1-2H3,(H,27,28). The minimum Gasteiger partial charge on any atom is -0.480 e. The smallest absolute Gasteiger partial charge is 0.452 e. The normalized spacial score (nSPS) is 30.6. The Balaban J connectivity index is 1.42. The molecule has 5 rings (SSSR count). The highest BCUT2D eigenvalue weighted by Crippen LogP contribution is 2.92. The molecule has 2 N–H and O–H groups in total. The summed E-state index contributed by atoms with van der Waals surface area (Å²) in [6, 6.07) is 12.5. The third-order valence-corrected chi connectivity index (χ3v) is 10.3. The number of rotatable bonds is 6. The molecule has 1 aromatic carbocycles. The molecule has 2 aliphatic rings. The fourth-order valence-electron chi connectivity index (χ4n) is 5.38. The molecule has 0 bridgehead atoms. The highest BCUT2D eigenvalue weighted by atomic mass is 32.2. The summed E-state index contributed by atoms with van der Waals surface area (Å²) in [5.74, 6) is -3.02. The molecule has 4 atom stereocenters. The Bertz CT molecular complexity index is 1380. The number of fused-ring (bicyclic) bond motifs is 1. The summed E-state index contributed by atoms with van der Waals surface area (Å²) in [6.07, 6.45) is -4.72. The van der Waals surface area contributed by atoms with Gasteiger partial charge in [-0.15, -0.1) is 11.3 Å². The largest absolute Gasteiger partial charge is 0.480 e. The molecule has 2 fully saturated rings. The Morgan fingerprint density at radius 1 is 1.18 bits per heavy atom. The van der Waals surface area contributed by atoms with Crippen LogP contribution < -0.4 is 4.72 Å². The molecule has 2 heterocycles. The number of thiophene rings is 1. The van der Waals surface area contributed by atoms with Crippen molar-refractivity contribution in [1.82, 2.24) is 9.88 Å². The molecule has 0 spiro atoms. The zero-order chi connectivity index (χ0) is 24.0. The van der Waals surface area contributed by atoms with Crippen molar-refractivity contribution >= 4 is 27.3 Å². The van der Waals surface area contributed by atoms with Crippen molar-refractivity contribution < 1.29 is 36.0 Å². The van der Waals surface area contributed by atoms with E-state index in [1.54, 1.807) is 6.92 Å². The highest BCUT2D eigenvalue weighted by Gasteiger charge is 3.02. The second kappa shape index (κ2) is 6.45. The van der Waals surface area contributed by atoms with E-state index in [1.807, 2.05) is 37.3 Å². The molecule has 0 saturated heterocycles. The average Bonchev–Trinajstić information content (AvgIpc) is 3.22. The van der Waals surface area contributed by atoms with Gasteiger partial charge in [0.1, 0.15) is 15.4 Å². The fraction of sp³-hybridized carbons (Fsp3) is 0.333. The van der Waals surface area contributed by atoms with Gasteiger partial charge in [0.25, 0.3) is 10.0 Å². The predicted molar refractivity (Wildman–Crippen MR) is 111 cm³/mol. The van der Waals surface area contributed by atoms with E-state index in [9.17, 15) is 31.5 Å². The fourth-order valence-corrected chi connectivity index (χ4v) is 8.09. The first-order valence-electron chi connectivity index (χ1n) is 9.77. The lowest BCUT2D eigenvalue weighted by Crippen LogP contribution is -2.56. The molecule has 33 heavy (non-hydrogen) atoms. The van der Waals surface area contributed by atoms with Gasteiger partial charge in [0.05, 0.1) is 4.88 Å². The van der Waals surface area contributed by atoms with Gasteiger partial charge in [-0.2, -0.15) is 17.9 Å². The van der Waals surface area contributed by atoms with Crippen molar-refractivity contribution in [2.75, 3.05) is 0 Å². The molecular weight excluding hydrogens is 481 g/mol. The molecule has 174 valence electrons. The third-order valence-electron chi connectivity index (χ3n) is 7.21. The number of carbonyl (C=O) groups is 1. The molecular formula is C21H17F3N2O5S2. The van der Waals surface area contributed by atoms with Gasteiger partial charge in [0.15, 0.2) is 0 Å². The quantitative estimate of drug-likeness (QED) is 0.529. The van der Waals surface area contributed by atoms with E-state index in [2.05, 4.69) is 14.4 Å². The third kappa shape index (κ3) is 2.74. The van der Waals surface area contributed by atoms with Crippen LogP contribution in [0.15, 0.2) is 57.3 Å². The molecule has 0 radical (unpaired) electrons. The summed E-state index contributed by atoms with van der Waals surface area (Å²) in [5.41, 5.74) is -2.23. The number of nitrogens with zero attached hydrogens (tertiary/aromatic N) is 1. The van der Waals surface area contributed by atoms with Gasteiger partial charge in [0.2, 0.25) is 5.76 Å². The van der Waals surface area contributed by atoms with Crippen LogP contribution in [0.2, 0.25) is 0 Å². The summed E-state index contributed by atoms with van der Waals surface area (Å²) in [7, 11) is -4.28. The van der Waals surface area contributed by atoms with Crippen LogP contribution in [0, 0.1) is 11.3 Å². The minimum absolute atomic E-state index is 0.139. The van der Waals surface area contributed by atoms with Gasteiger partial charge in [-0.25, -0.2) is 8.42 Å². The van der Waals surface area contributed by atoms with E-state index in [-0.39, 0.29) is 14.8 Å². The zero-order valence-corrected chi connectivity index (χ0v) is 18.8. The van der Waals surface area contributed by atoms with Gasteiger partial charge in [0, 0.05) is 22.8 Å². The van der Waals surface area contributed by atoms with Gasteiger partial charge in [-0.3, -0.25) is 4.79 Å². The molecule has 2 aromatic heterocycles. The van der Waals surface area contributed by atoms with Crippen LogP contribution in [0.3, 0.4) is 0 Å². The van der Waals surface area contributed by atoms with Crippen LogP contribution in [0.25, 0.3) is 10.6 Å². The van der Waals surface area contributed by atoms with Crippen LogP contribution in [0.1, 0.15) is 25.2 Å². The Kier molecular flexibility index (Phi) is 4.32. The number of nitrogens with one attached hydrogen (secondary N) is 1. The maximum absolute atomic E-state index is 13.1. The van der Waals surface area contributed by atoms with Gasteiger partial charge in [-0.05, 0) is 17.7 Å². The van der Waals surface area contributed by atoms with Crippen molar-refractivity contribution in [3.63, 3.8) is 0 Å². The van der Waals surface area contributed by atoms with E-state index in [4.69, 9.17) is 0 Å². The van der Waals surface area contributed by atoms with Crippen LogP contribution in [0.5, 0.6) is 0 Å². The van der Waals surface area contributed by atoms with E-state index >= 15 is 0 Å². The number of carboxylic acids is 1. The summed E-state index contributed by atoms with van der Waals surface area (Å²) in [5, 5.41) is 13.3. The molecule has 0 amide bonds. The zero-order valence-electron chi connectivity index (χ0n) is 17.2. The van der Waals surface area contributed by atoms with Crippen LogP contribution in [-0.2, 0) is 26.4 Å². The first-order chi connectivity index (χ1) is 15.3. The summed E-state index contributed by atoms with van der Waals surface area (Å²) < 4.78 is 70.8. The predicted octanol–water partition coefficient (Wildman–Crippen LogP) is 4.13. The van der Waals surface area contributed by atoms with Crippen molar-refractivity contribution in [3.05, 3.63) is 59.9 Å². The van der Waals surface area contributed by atoms with E-state index in [0.717, 1.165) is 5.56 Å². The number of alkyl halides is 3. The maximum atomic E-state index is 13.1. The van der Waals surface area contributed by atoms with E-state index in [0.29, 0.717) is 17.4 Å². The van der Waals surface area contributed by atoms with Crippen LogP contribution in [0.4, 0.5) is 13.2 Å². The van der Waals surface area contributed by atoms with Crippen LogP contribution >= 0.6 is 11.3 Å². The maximum Gasteiger partial charge on any atom is 0.452 e. The van der Waals surface area contributed by atoms with E-state index < -0.39 is 50.2 Å². The Labute approximate surface area is 190 Å². The van der Waals surface area contributed by atoms with Gasteiger partial charge < -0.3 is 9.63 Å². The number of hydrogen-bond acceptors (Lipinski definition) is 6. The first-order valence-corrected chi connectivity index (χ1v) is 12.1. The minimum atomic E-state index is -4.72. The van der Waals surface area contributed by atoms with Crippen molar-refractivity contribution in [3.8, 4) is 10.6 Å². The number of sulfonamides is 1. The monoisotopic (exact) mass is 498 g/mol. The number of carboxylic acid groups (broad SMARTS) is 1. The molecule has 12 heteroatoms. The van der Waals surface area contributed by atoms with E-state index in [1.165, 1.54) is 12.1 Å². The molecule has 4 unspecified atom stereocenters. The van der Waals surface area contributed by atoms with Crippen molar-refractivity contribution in [2.45, 2.75) is 35.2 Å². The summed E-state index contributed by atoms with van der Waals surface area (Å²) >= 11 is 0.675. The first kappa shape index (κ1) is 22.1. The number of benzene rings is 1. The average molecular weight is 499 g/mol. The molecule has 2 aliphatic carbocycles. The Morgan fingerprint density at radius 3 is 2.36 bits per heavy atom. The Hall–Kier alpha value is -2.70. The second-order valence-electron chi connectivity index (χ2n) is 8.62. The summed E-state index contributed by atoms with van der Waals surface area (Å²) in [6.45, 7) is 3.66. The molecule has 0 aliphatic heterocycles. The lowest BCUT2D eigenvalue weighted by molar-refractivity contribution is -0.155. The lowest BCUT2D eigenvalue weighted by atomic mass is 9.75. The number of hydrogen-bond donors (Lipinski definition) is 2. The Morgan fingerprint density at radius 2 is 1.82 bits per heavy atom. The van der Waals surface area contributed by atoms with Gasteiger partial charge in [-0.1, -0.05) is 49.3 Å². The number of aromatic nitrogens is 1. The van der Waals surface area contributed by atoms with Crippen molar-refractivity contribution in [2.24, 2.45) is 11.3 Å². The van der Waals surface area contributed by atoms with Crippen molar-refractivity contribution in [1.29, 1.82) is 0 Å². The SMILES string of the molecule is CC1(c2ccccc2)C2C(NS(=O)(=O)c3ccc(-c4cc(C(F)(F)F)on4)s3)(C(=O)O)C21C. The molecule has 2 saturated carbocycles. The van der Waals surface area contributed by atoms with Crippen LogP contribution in [-0.4, -0.2) is 30.2 Å². The molecule has 7 nitrogen and oxygen atoms in total. The van der Waals surface area contributed by atoms with Gasteiger partial charge >= 0.3 is 12.1 Å². The topological polar surface area (TPSA) is 110 Å². The molecule has 3 aromatic rings. The number of aliphatic carboxylic acids is 1. The lowest BCUT2D eigenvalue weighted by Gasteiger charge is -2.34. The second-order valence-corrected chi connectivity index (χ2v) is 11.6. The number of halogens is 3.